The molecule has 0 saturated heterocycles. The van der Waals surface area contributed by atoms with Crippen molar-refractivity contribution in [2.45, 2.75) is 72.4 Å². The van der Waals surface area contributed by atoms with Crippen molar-refractivity contribution in [3.8, 4) is 0 Å². The highest BCUT2D eigenvalue weighted by atomic mass is 35.5. The zero-order valence-electron chi connectivity index (χ0n) is 12.9. The van der Waals surface area contributed by atoms with Crippen molar-refractivity contribution in [3.05, 3.63) is 17.5 Å². The SMILES string of the molecule is CCCCCCCNCc1cn(C(C)C)nc1C.Cl. The third-order valence-electron chi connectivity index (χ3n) is 3.32. The standard InChI is InChI=1S/C15H29N3.ClH/c1-5-6-7-8-9-10-16-11-15-12-18(13(2)3)17-14(15)4;/h12-13,16H,5-11H2,1-4H3;1H. The van der Waals surface area contributed by atoms with E-state index in [0.717, 1.165) is 18.8 Å². The van der Waals surface area contributed by atoms with Gasteiger partial charge in [0.05, 0.1) is 5.69 Å². The third-order valence-corrected chi connectivity index (χ3v) is 3.32. The molecule has 1 aromatic heterocycles. The smallest absolute Gasteiger partial charge is 0.0638 e. The molecular formula is C15H30ClN3. The van der Waals surface area contributed by atoms with Crippen molar-refractivity contribution in [3.63, 3.8) is 0 Å². The molecule has 1 rings (SSSR count). The van der Waals surface area contributed by atoms with Crippen LogP contribution in [-0.4, -0.2) is 16.3 Å². The Morgan fingerprint density at radius 2 is 1.89 bits per heavy atom. The average molecular weight is 288 g/mol. The van der Waals surface area contributed by atoms with Gasteiger partial charge in [-0.1, -0.05) is 32.6 Å². The van der Waals surface area contributed by atoms with Crippen LogP contribution < -0.4 is 5.32 Å². The van der Waals surface area contributed by atoms with Gasteiger partial charge in [-0.3, -0.25) is 4.68 Å². The van der Waals surface area contributed by atoms with Gasteiger partial charge >= 0.3 is 0 Å². The molecule has 0 unspecified atom stereocenters. The molecule has 4 heteroatoms. The first kappa shape index (κ1) is 18.5. The van der Waals surface area contributed by atoms with Crippen LogP contribution in [0.15, 0.2) is 6.20 Å². The van der Waals surface area contributed by atoms with E-state index < -0.39 is 0 Å². The molecule has 0 aliphatic carbocycles. The van der Waals surface area contributed by atoms with Crippen LogP contribution in [0, 0.1) is 6.92 Å². The first-order valence-corrected chi connectivity index (χ1v) is 7.40. The maximum absolute atomic E-state index is 4.53. The minimum atomic E-state index is 0. The summed E-state index contributed by atoms with van der Waals surface area (Å²) in [6.45, 7) is 10.8. The van der Waals surface area contributed by atoms with Gasteiger partial charge in [0.1, 0.15) is 0 Å². The van der Waals surface area contributed by atoms with Crippen LogP contribution in [0.1, 0.15) is 70.2 Å². The predicted octanol–water partition coefficient (Wildman–Crippen LogP) is 4.25. The molecule has 0 saturated carbocycles. The van der Waals surface area contributed by atoms with Crippen molar-refractivity contribution >= 4 is 12.4 Å². The summed E-state index contributed by atoms with van der Waals surface area (Å²) in [6, 6.07) is 0.450. The van der Waals surface area contributed by atoms with Gasteiger partial charge in [0, 0.05) is 24.3 Å². The number of aromatic nitrogens is 2. The molecule has 0 radical (unpaired) electrons. The van der Waals surface area contributed by atoms with E-state index in [1.54, 1.807) is 0 Å². The normalized spacial score (nSPS) is 10.8. The van der Waals surface area contributed by atoms with Gasteiger partial charge in [-0.2, -0.15) is 5.10 Å². The van der Waals surface area contributed by atoms with Crippen molar-refractivity contribution in [2.24, 2.45) is 0 Å². The van der Waals surface area contributed by atoms with Crippen LogP contribution in [0.5, 0.6) is 0 Å². The van der Waals surface area contributed by atoms with E-state index in [1.807, 2.05) is 4.68 Å². The molecule has 0 amide bonds. The van der Waals surface area contributed by atoms with Gasteiger partial charge in [-0.05, 0) is 33.7 Å². The van der Waals surface area contributed by atoms with Gasteiger partial charge in [-0.15, -0.1) is 12.4 Å². The maximum atomic E-state index is 4.53. The van der Waals surface area contributed by atoms with E-state index in [4.69, 9.17) is 0 Å². The lowest BCUT2D eigenvalue weighted by Gasteiger charge is -2.04. The highest BCUT2D eigenvalue weighted by Crippen LogP contribution is 2.10. The number of rotatable bonds is 9. The number of hydrogen-bond acceptors (Lipinski definition) is 2. The number of nitrogens with one attached hydrogen (secondary N) is 1. The van der Waals surface area contributed by atoms with Crippen LogP contribution in [0.3, 0.4) is 0 Å². The third kappa shape index (κ3) is 6.98. The Hall–Kier alpha value is -0.540. The average Bonchev–Trinajstić information content (AvgIpc) is 2.70. The first-order chi connectivity index (χ1) is 8.65. The van der Waals surface area contributed by atoms with Crippen molar-refractivity contribution in [2.75, 3.05) is 6.54 Å². The fraction of sp³-hybridized carbons (Fsp3) is 0.800. The van der Waals surface area contributed by atoms with Crippen LogP contribution in [-0.2, 0) is 6.54 Å². The van der Waals surface area contributed by atoms with Crippen molar-refractivity contribution in [1.29, 1.82) is 0 Å². The highest BCUT2D eigenvalue weighted by Gasteiger charge is 2.06. The van der Waals surface area contributed by atoms with E-state index in [1.165, 1.54) is 37.7 Å². The molecule has 0 aliphatic rings. The quantitative estimate of drug-likeness (QED) is 0.688. The van der Waals surface area contributed by atoms with Crippen molar-refractivity contribution in [1.82, 2.24) is 15.1 Å². The second kappa shape index (κ2) is 10.3. The zero-order chi connectivity index (χ0) is 13.4. The van der Waals surface area contributed by atoms with E-state index in [-0.39, 0.29) is 12.4 Å². The van der Waals surface area contributed by atoms with Crippen LogP contribution >= 0.6 is 12.4 Å². The number of halogens is 1. The monoisotopic (exact) mass is 287 g/mol. The number of nitrogens with zero attached hydrogens (tertiary/aromatic N) is 2. The Morgan fingerprint density at radius 3 is 2.47 bits per heavy atom. The molecule has 0 spiro atoms. The summed E-state index contributed by atoms with van der Waals surface area (Å²) >= 11 is 0. The molecule has 3 nitrogen and oxygen atoms in total. The topological polar surface area (TPSA) is 29.9 Å². The highest BCUT2D eigenvalue weighted by molar-refractivity contribution is 5.85. The van der Waals surface area contributed by atoms with Crippen LogP contribution in [0.2, 0.25) is 0 Å². The Labute approximate surface area is 124 Å². The molecule has 1 N–H and O–H groups in total. The van der Waals surface area contributed by atoms with Gasteiger partial charge in [0.2, 0.25) is 0 Å². The molecule has 1 heterocycles. The largest absolute Gasteiger partial charge is 0.313 e. The van der Waals surface area contributed by atoms with Crippen LogP contribution in [0.25, 0.3) is 0 Å². The molecule has 0 bridgehead atoms. The zero-order valence-corrected chi connectivity index (χ0v) is 13.7. The predicted molar refractivity (Wildman–Crippen MR) is 85.1 cm³/mol. The summed E-state index contributed by atoms with van der Waals surface area (Å²) in [5.74, 6) is 0. The Bertz CT molecular complexity index is 334. The van der Waals surface area contributed by atoms with E-state index in [2.05, 4.69) is 44.3 Å². The number of aryl methyl sites for hydroxylation is 1. The van der Waals surface area contributed by atoms with E-state index >= 15 is 0 Å². The fourth-order valence-electron chi connectivity index (χ4n) is 2.03. The lowest BCUT2D eigenvalue weighted by atomic mass is 10.1. The van der Waals surface area contributed by atoms with Crippen molar-refractivity contribution < 1.29 is 0 Å². The summed E-state index contributed by atoms with van der Waals surface area (Å²) in [4.78, 5) is 0. The molecule has 0 atom stereocenters. The van der Waals surface area contributed by atoms with E-state index in [0.29, 0.717) is 6.04 Å². The molecule has 0 fully saturated rings. The van der Waals surface area contributed by atoms with Crippen LogP contribution in [0.4, 0.5) is 0 Å². The summed E-state index contributed by atoms with van der Waals surface area (Å²) in [5.41, 5.74) is 2.49. The summed E-state index contributed by atoms with van der Waals surface area (Å²) < 4.78 is 2.05. The summed E-state index contributed by atoms with van der Waals surface area (Å²) in [5, 5.41) is 8.04. The number of hydrogen-bond donors (Lipinski definition) is 1. The molecule has 0 aromatic carbocycles. The lowest BCUT2D eigenvalue weighted by Crippen LogP contribution is -2.14. The van der Waals surface area contributed by atoms with Gasteiger partial charge in [-0.25, -0.2) is 0 Å². The summed E-state index contributed by atoms with van der Waals surface area (Å²) in [6.07, 6.45) is 8.89. The summed E-state index contributed by atoms with van der Waals surface area (Å²) in [7, 11) is 0. The van der Waals surface area contributed by atoms with E-state index in [9.17, 15) is 0 Å². The van der Waals surface area contributed by atoms with Gasteiger partial charge < -0.3 is 5.32 Å². The maximum Gasteiger partial charge on any atom is 0.0638 e. The molecule has 19 heavy (non-hydrogen) atoms. The lowest BCUT2D eigenvalue weighted by molar-refractivity contribution is 0.528. The molecule has 0 aliphatic heterocycles. The Balaban J connectivity index is 0.00000324. The van der Waals surface area contributed by atoms with Gasteiger partial charge in [0.25, 0.3) is 0 Å². The minimum absolute atomic E-state index is 0. The first-order valence-electron chi connectivity index (χ1n) is 7.40. The minimum Gasteiger partial charge on any atom is -0.313 e. The molecule has 1 aromatic rings. The van der Waals surface area contributed by atoms with Gasteiger partial charge in [0.15, 0.2) is 0 Å². The Kier molecular flexibility index (Phi) is 9.98. The molecular weight excluding hydrogens is 258 g/mol. The fourth-order valence-corrected chi connectivity index (χ4v) is 2.03. The second-order valence-electron chi connectivity index (χ2n) is 5.40. The molecule has 112 valence electrons. The number of unbranched alkanes of at least 4 members (excludes halogenated alkanes) is 4. The Morgan fingerprint density at radius 1 is 1.21 bits per heavy atom. The second-order valence-corrected chi connectivity index (χ2v) is 5.40.